The maximum Gasteiger partial charge on any atom is 0.179 e. The fourth-order valence-corrected chi connectivity index (χ4v) is 4.26. The molecular formula is C28H27N5. The molecule has 164 valence electrons. The molecule has 33 heavy (non-hydrogen) atoms. The van der Waals surface area contributed by atoms with Crippen LogP contribution >= 0.6 is 0 Å². The average molecular weight is 434 g/mol. The molecule has 0 fully saturated rings. The minimum absolute atomic E-state index is 0.817. The maximum atomic E-state index is 5.16. The van der Waals surface area contributed by atoms with E-state index in [1.54, 1.807) is 0 Å². The monoisotopic (exact) mass is 433 g/mol. The van der Waals surface area contributed by atoms with Gasteiger partial charge in [-0.05, 0) is 32.9 Å². The van der Waals surface area contributed by atoms with Crippen molar-refractivity contribution in [1.82, 2.24) is 20.0 Å². The quantitative estimate of drug-likeness (QED) is 0.315. The van der Waals surface area contributed by atoms with E-state index in [2.05, 4.69) is 91.4 Å². The van der Waals surface area contributed by atoms with Gasteiger partial charge in [0, 0.05) is 24.2 Å². The average Bonchev–Trinajstić information content (AvgIpc) is 3.27. The lowest BCUT2D eigenvalue weighted by Gasteiger charge is -2.19. The smallest absolute Gasteiger partial charge is 0.179 e. The van der Waals surface area contributed by atoms with Crippen molar-refractivity contribution in [2.45, 2.75) is 20.8 Å². The number of benzene rings is 3. The van der Waals surface area contributed by atoms with Crippen molar-refractivity contribution < 1.29 is 0 Å². The lowest BCUT2D eigenvalue weighted by molar-refractivity contribution is 0.826. The molecule has 0 saturated heterocycles. The molecule has 0 saturated carbocycles. The number of hydrogen-bond donors (Lipinski definition) is 0. The molecule has 0 spiro atoms. The van der Waals surface area contributed by atoms with E-state index >= 15 is 0 Å². The third kappa shape index (κ3) is 3.76. The first-order valence-corrected chi connectivity index (χ1v) is 11.4. The minimum Gasteiger partial charge on any atom is -0.354 e. The summed E-state index contributed by atoms with van der Waals surface area (Å²) in [5.74, 6) is 0.817. The van der Waals surface area contributed by atoms with Crippen LogP contribution < -0.4 is 4.90 Å². The Kier molecular flexibility index (Phi) is 5.61. The summed E-state index contributed by atoms with van der Waals surface area (Å²) in [6.45, 7) is 8.04. The summed E-state index contributed by atoms with van der Waals surface area (Å²) in [4.78, 5) is 2.21. The predicted octanol–water partition coefficient (Wildman–Crippen LogP) is 6.30. The van der Waals surface area contributed by atoms with Crippen molar-refractivity contribution in [3.63, 3.8) is 0 Å². The van der Waals surface area contributed by atoms with Crippen molar-refractivity contribution >= 4 is 16.7 Å². The molecule has 0 aliphatic heterocycles. The van der Waals surface area contributed by atoms with Crippen LogP contribution in [0.15, 0.2) is 84.9 Å². The van der Waals surface area contributed by atoms with E-state index in [-0.39, 0.29) is 0 Å². The molecule has 0 aliphatic rings. The summed E-state index contributed by atoms with van der Waals surface area (Å²) in [7, 11) is 0. The lowest BCUT2D eigenvalue weighted by Crippen LogP contribution is -2.23. The van der Waals surface area contributed by atoms with E-state index in [1.165, 1.54) is 5.56 Å². The van der Waals surface area contributed by atoms with Crippen LogP contribution in [0.3, 0.4) is 0 Å². The van der Waals surface area contributed by atoms with E-state index in [0.29, 0.717) is 0 Å². The molecule has 2 heterocycles. The molecule has 0 aliphatic carbocycles. The Bertz CT molecular complexity index is 1370. The predicted molar refractivity (Wildman–Crippen MR) is 136 cm³/mol. The van der Waals surface area contributed by atoms with Gasteiger partial charge in [-0.15, -0.1) is 10.2 Å². The highest BCUT2D eigenvalue weighted by Crippen LogP contribution is 2.39. The number of nitrogens with zero attached hydrogens (tertiary/aromatic N) is 5. The van der Waals surface area contributed by atoms with E-state index in [1.807, 2.05) is 28.9 Å². The summed E-state index contributed by atoms with van der Waals surface area (Å²) >= 11 is 0. The Hall–Kier alpha value is -3.99. The van der Waals surface area contributed by atoms with Gasteiger partial charge in [0.1, 0.15) is 11.2 Å². The van der Waals surface area contributed by atoms with Gasteiger partial charge in [0.2, 0.25) is 0 Å². The minimum atomic E-state index is 0.817. The fraction of sp³-hybridized carbons (Fsp3) is 0.179. The highest BCUT2D eigenvalue weighted by atomic mass is 15.3. The fourth-order valence-electron chi connectivity index (χ4n) is 4.26. The second kappa shape index (κ2) is 8.87. The Morgan fingerprint density at radius 1 is 0.727 bits per heavy atom. The third-order valence-electron chi connectivity index (χ3n) is 6.01. The van der Waals surface area contributed by atoms with Gasteiger partial charge in [-0.25, -0.2) is 4.68 Å². The van der Waals surface area contributed by atoms with Crippen LogP contribution in [0.4, 0.5) is 5.82 Å². The molecule has 0 amide bonds. The maximum absolute atomic E-state index is 5.16. The van der Waals surface area contributed by atoms with Crippen molar-refractivity contribution in [3.05, 3.63) is 90.5 Å². The first kappa shape index (κ1) is 20.9. The van der Waals surface area contributed by atoms with Crippen LogP contribution in [0.5, 0.6) is 0 Å². The highest BCUT2D eigenvalue weighted by molar-refractivity contribution is 6.06. The highest BCUT2D eigenvalue weighted by Gasteiger charge is 2.24. The standard InChI is InChI=1S/C28H27N5/c1-4-32(5-2)28-26-24(25(29-30-28)21-12-8-6-9-13-21)27(22-14-10-7-11-15-22)33(31-26)23-18-16-20(3)17-19-23/h6-19H,4-5H2,1-3H3. The number of hydrogen-bond acceptors (Lipinski definition) is 4. The Morgan fingerprint density at radius 2 is 1.33 bits per heavy atom. The van der Waals surface area contributed by atoms with Gasteiger partial charge in [0.25, 0.3) is 0 Å². The molecule has 0 N–H and O–H groups in total. The topological polar surface area (TPSA) is 46.8 Å². The zero-order valence-corrected chi connectivity index (χ0v) is 19.2. The van der Waals surface area contributed by atoms with Crippen LogP contribution in [0.2, 0.25) is 0 Å². The van der Waals surface area contributed by atoms with Crippen molar-refractivity contribution in [2.75, 3.05) is 18.0 Å². The number of rotatable bonds is 6. The van der Waals surface area contributed by atoms with Gasteiger partial charge in [-0.1, -0.05) is 78.4 Å². The van der Waals surface area contributed by atoms with Crippen LogP contribution in [0.25, 0.3) is 39.1 Å². The molecule has 5 nitrogen and oxygen atoms in total. The van der Waals surface area contributed by atoms with Crippen LogP contribution in [0.1, 0.15) is 19.4 Å². The van der Waals surface area contributed by atoms with Crippen molar-refractivity contribution in [3.8, 4) is 28.2 Å². The zero-order valence-electron chi connectivity index (χ0n) is 19.2. The molecule has 0 atom stereocenters. The summed E-state index contributed by atoms with van der Waals surface area (Å²) in [5.41, 5.74) is 7.09. The first-order valence-electron chi connectivity index (χ1n) is 11.4. The summed E-state index contributed by atoms with van der Waals surface area (Å²) < 4.78 is 2.04. The Morgan fingerprint density at radius 3 is 1.94 bits per heavy atom. The summed E-state index contributed by atoms with van der Waals surface area (Å²) in [5, 5.41) is 15.6. The van der Waals surface area contributed by atoms with Gasteiger partial charge in [-0.2, -0.15) is 5.10 Å². The molecule has 0 bridgehead atoms. The molecule has 5 rings (SSSR count). The number of anilines is 1. The van der Waals surface area contributed by atoms with Gasteiger partial charge in [-0.3, -0.25) is 0 Å². The molecule has 0 radical (unpaired) electrons. The molecule has 2 aromatic heterocycles. The van der Waals surface area contributed by atoms with Crippen LogP contribution in [-0.4, -0.2) is 33.1 Å². The Balaban J connectivity index is 1.92. The second-order valence-corrected chi connectivity index (χ2v) is 8.10. The Labute approximate surface area is 194 Å². The number of aromatic nitrogens is 4. The van der Waals surface area contributed by atoms with Gasteiger partial charge in [0.15, 0.2) is 5.82 Å². The number of aryl methyl sites for hydroxylation is 1. The molecular weight excluding hydrogens is 406 g/mol. The zero-order chi connectivity index (χ0) is 22.8. The second-order valence-electron chi connectivity index (χ2n) is 8.10. The summed E-state index contributed by atoms with van der Waals surface area (Å²) in [6.07, 6.45) is 0. The van der Waals surface area contributed by atoms with E-state index in [9.17, 15) is 0 Å². The SMILES string of the molecule is CCN(CC)c1nnc(-c2ccccc2)c2c(-c3ccccc3)n(-c3ccc(C)cc3)nc12. The van der Waals surface area contributed by atoms with Gasteiger partial charge < -0.3 is 4.90 Å². The molecule has 3 aromatic carbocycles. The van der Waals surface area contributed by atoms with Crippen LogP contribution in [-0.2, 0) is 0 Å². The normalized spacial score (nSPS) is 11.1. The van der Waals surface area contributed by atoms with E-state index in [4.69, 9.17) is 10.2 Å². The molecule has 0 unspecified atom stereocenters. The first-order chi connectivity index (χ1) is 16.2. The molecule has 5 aromatic rings. The number of fused-ring (bicyclic) bond motifs is 1. The largest absolute Gasteiger partial charge is 0.354 e. The van der Waals surface area contributed by atoms with Crippen LogP contribution in [0, 0.1) is 6.92 Å². The van der Waals surface area contributed by atoms with Crippen molar-refractivity contribution in [1.29, 1.82) is 0 Å². The van der Waals surface area contributed by atoms with Gasteiger partial charge in [0.05, 0.1) is 16.8 Å². The third-order valence-corrected chi connectivity index (χ3v) is 6.01. The van der Waals surface area contributed by atoms with Gasteiger partial charge >= 0.3 is 0 Å². The lowest BCUT2D eigenvalue weighted by atomic mass is 10.0. The van der Waals surface area contributed by atoms with Crippen molar-refractivity contribution in [2.24, 2.45) is 0 Å². The van der Waals surface area contributed by atoms with E-state index in [0.717, 1.165) is 58.0 Å². The summed E-state index contributed by atoms with van der Waals surface area (Å²) in [6, 6.07) is 29.2. The molecule has 5 heteroatoms. The van der Waals surface area contributed by atoms with E-state index < -0.39 is 0 Å².